The van der Waals surface area contributed by atoms with Crippen LogP contribution < -0.4 is 0 Å². The van der Waals surface area contributed by atoms with Gasteiger partial charge in [0.2, 0.25) is 0 Å². The third-order valence-electron chi connectivity index (χ3n) is 15.4. The Morgan fingerprint density at radius 2 is 0.909 bits per heavy atom. The van der Waals surface area contributed by atoms with Gasteiger partial charge in [-0.25, -0.2) is 0 Å². The molecule has 0 bridgehead atoms. The van der Waals surface area contributed by atoms with Crippen LogP contribution in [0.1, 0.15) is 81.1 Å². The second-order valence-corrected chi connectivity index (χ2v) is 19.3. The van der Waals surface area contributed by atoms with Crippen LogP contribution in [0.25, 0.3) is 0 Å². The van der Waals surface area contributed by atoms with Gasteiger partial charge < -0.3 is 67.1 Å². The minimum atomic E-state index is -0.812. The monoisotopic (exact) mass is 939 g/mol. The number of ether oxygens (including phenoxy) is 12. The molecule has 2 N–H and O–H groups in total. The predicted molar refractivity (Wildman–Crippen MR) is 254 cm³/mol. The van der Waals surface area contributed by atoms with Crippen molar-refractivity contribution >= 4 is 0 Å². The van der Waals surface area contributed by atoms with Crippen molar-refractivity contribution in [3.63, 3.8) is 0 Å². The van der Waals surface area contributed by atoms with E-state index in [1.807, 2.05) is 44.2 Å². The molecule has 2 aliphatic carbocycles. The lowest BCUT2D eigenvalue weighted by molar-refractivity contribution is -0.311. The summed E-state index contributed by atoms with van der Waals surface area (Å²) >= 11 is 0. The highest BCUT2D eigenvalue weighted by molar-refractivity contribution is 5.21. The largest absolute Gasteiger partial charge is 0.392 e. The highest BCUT2D eigenvalue weighted by Crippen LogP contribution is 2.51. The van der Waals surface area contributed by atoms with Gasteiger partial charge in [-0.1, -0.05) is 78.0 Å². The molecule has 2 unspecified atom stereocenters. The molecule has 4 fully saturated rings. The summed E-state index contributed by atoms with van der Waals surface area (Å²) in [6.07, 6.45) is 9.74. The normalized spacial score (nSPS) is 36.8. The molecule has 66 heavy (non-hydrogen) atoms. The first-order chi connectivity index (χ1) is 31.7. The first-order valence-electron chi connectivity index (χ1n) is 24.5. The molecule has 2 saturated carbocycles. The summed E-state index contributed by atoms with van der Waals surface area (Å²) in [4.78, 5) is 0. The van der Waals surface area contributed by atoms with E-state index in [1.165, 1.54) is 0 Å². The maximum absolute atomic E-state index is 11.3. The first kappa shape index (κ1) is 57.0. The summed E-state index contributed by atoms with van der Waals surface area (Å²) in [5.74, 6) is 2.22. The number of aliphatic hydroxyl groups is 2. The van der Waals surface area contributed by atoms with Gasteiger partial charge >= 0.3 is 0 Å². The number of rotatable bonds is 29. The van der Waals surface area contributed by atoms with Gasteiger partial charge in [0.25, 0.3) is 0 Å². The Morgan fingerprint density at radius 3 is 1.32 bits per heavy atom. The minimum Gasteiger partial charge on any atom is -0.392 e. The molecule has 4 aliphatic rings. The van der Waals surface area contributed by atoms with E-state index in [0.29, 0.717) is 23.7 Å². The van der Waals surface area contributed by atoms with E-state index in [-0.39, 0.29) is 49.1 Å². The van der Waals surface area contributed by atoms with Gasteiger partial charge in [0.1, 0.15) is 48.8 Å². The topological polar surface area (TPSA) is 151 Å². The van der Waals surface area contributed by atoms with Crippen molar-refractivity contribution in [2.24, 2.45) is 47.3 Å². The summed E-state index contributed by atoms with van der Waals surface area (Å²) in [6.45, 7) is 17.2. The van der Waals surface area contributed by atoms with E-state index >= 15 is 0 Å². The van der Waals surface area contributed by atoms with E-state index in [0.717, 1.165) is 36.8 Å². The van der Waals surface area contributed by atoms with Crippen LogP contribution in [0.5, 0.6) is 0 Å². The summed E-state index contributed by atoms with van der Waals surface area (Å²) in [6, 6.07) is 0. The summed E-state index contributed by atoms with van der Waals surface area (Å²) < 4.78 is 73.0. The molecule has 14 heteroatoms. The first-order valence-corrected chi connectivity index (χ1v) is 24.5. The lowest BCUT2D eigenvalue weighted by atomic mass is 9.91. The van der Waals surface area contributed by atoms with Crippen LogP contribution in [0.4, 0.5) is 0 Å². The predicted octanol–water partition coefficient (Wildman–Crippen LogP) is 6.95. The molecular weight excluding hydrogens is 849 g/mol. The van der Waals surface area contributed by atoms with Crippen LogP contribution in [-0.2, 0) is 56.8 Å². The zero-order valence-corrected chi connectivity index (χ0v) is 43.2. The molecule has 0 spiro atoms. The molecule has 0 aromatic heterocycles. The molecule has 14 nitrogen and oxygen atoms in total. The molecule has 2 aliphatic heterocycles. The van der Waals surface area contributed by atoms with Crippen LogP contribution >= 0.6 is 0 Å². The summed E-state index contributed by atoms with van der Waals surface area (Å²) in [5, 5.41) is 22.5. The maximum atomic E-state index is 11.3. The molecule has 0 radical (unpaired) electrons. The van der Waals surface area contributed by atoms with Crippen molar-refractivity contribution in [1.82, 2.24) is 0 Å². The van der Waals surface area contributed by atoms with Gasteiger partial charge in [0.15, 0.2) is 12.6 Å². The van der Waals surface area contributed by atoms with Gasteiger partial charge in [0, 0.05) is 68.7 Å². The molecule has 22 atom stereocenters. The third-order valence-corrected chi connectivity index (χ3v) is 15.4. The lowest BCUT2D eigenvalue weighted by Crippen LogP contribution is -2.61. The Kier molecular flexibility index (Phi) is 23.9. The second kappa shape index (κ2) is 27.7. The smallest absolute Gasteiger partial charge is 0.187 e. The molecule has 2 heterocycles. The van der Waals surface area contributed by atoms with Crippen LogP contribution in [0, 0.1) is 47.3 Å². The van der Waals surface area contributed by atoms with E-state index in [9.17, 15) is 10.2 Å². The van der Waals surface area contributed by atoms with Crippen LogP contribution in [0.3, 0.4) is 0 Å². The highest BCUT2D eigenvalue weighted by atomic mass is 16.7. The van der Waals surface area contributed by atoms with Crippen LogP contribution in [0.2, 0.25) is 0 Å². The van der Waals surface area contributed by atoms with Crippen LogP contribution in [0.15, 0.2) is 47.6 Å². The quantitative estimate of drug-likeness (QED) is 0.0588. The Balaban J connectivity index is 1.42. The summed E-state index contributed by atoms with van der Waals surface area (Å²) in [7, 11) is 13.2. The number of hydrogen-bond donors (Lipinski definition) is 2. The van der Waals surface area contributed by atoms with E-state index in [2.05, 4.69) is 47.6 Å². The Morgan fingerprint density at radius 1 is 0.515 bits per heavy atom. The Hall–Kier alpha value is -1.60. The molecule has 4 rings (SSSR count). The maximum Gasteiger partial charge on any atom is 0.187 e. The fraction of sp³-hybridized carbons (Fsp3) is 0.846. The van der Waals surface area contributed by atoms with Gasteiger partial charge in [-0.05, 0) is 86.2 Å². The highest BCUT2D eigenvalue weighted by Gasteiger charge is 2.51. The van der Waals surface area contributed by atoms with Crippen molar-refractivity contribution in [1.29, 1.82) is 0 Å². The third kappa shape index (κ3) is 14.0. The fourth-order valence-corrected chi connectivity index (χ4v) is 11.0. The van der Waals surface area contributed by atoms with Crippen molar-refractivity contribution in [2.75, 3.05) is 70.1 Å². The number of aliphatic hydroxyl groups excluding tert-OH is 2. The van der Waals surface area contributed by atoms with Crippen molar-refractivity contribution in [2.45, 2.75) is 167 Å². The molecule has 382 valence electrons. The minimum absolute atomic E-state index is 0.0279. The molecule has 0 aromatic carbocycles. The SMILES string of the molecule is CC[C@H](OC)[C@@H](C)[C@H]1CC1[C@H](O)[C@@H](C)/C=C/C=C(\C)[C@H]1O[C@H](OC)[C@H](OC)[C@@H](OC)[C@H]1OCCO[C@H]1O[C@H](/C(C)=C/C=C/[C@H](C)[C@@H](O)C2C[C@@H]2[C@H](C)[C@H](CC)OC)[C@@H](OC)[C@H](OC)[C@@H]1OC. The van der Waals surface area contributed by atoms with Gasteiger partial charge in [-0.3, -0.25) is 0 Å². The van der Waals surface area contributed by atoms with Crippen LogP contribution in [-0.4, -0.2) is 166 Å². The second-order valence-electron chi connectivity index (χ2n) is 19.3. The standard InChI is InChI=1S/C52H90O14/c1-17-39(55-9)33(7)35-27-37(35)41(53)29(3)21-19-23-31(5)43-45(57-11)46(58-12)50(61-15)52(66-43)64-26-25-63-48-44(65-51(62-16)49(60-14)47(48)59-13)32(6)24-20-22-30(4)42(54)38-28-36(38)34(8)40(18-2)56-10/h19-24,29-30,33-54H,17-18,25-28H2,1-16H3/b21-19+,22-20+,31-23+,32-24+/t29-,30-,33-,34-,35+,36+,37?,38?,39-,40-,41+,42+,43+,44+,45+,46-,47-,48-,49+,50-,51-,52-/m0/s1. The Labute approximate surface area is 398 Å². The zero-order chi connectivity index (χ0) is 48.8. The van der Waals surface area contributed by atoms with Crippen molar-refractivity contribution in [3.8, 4) is 0 Å². The zero-order valence-electron chi connectivity index (χ0n) is 43.2. The molecular formula is C52H90O14. The van der Waals surface area contributed by atoms with E-state index in [1.54, 1.807) is 56.9 Å². The van der Waals surface area contributed by atoms with Gasteiger partial charge in [-0.2, -0.15) is 0 Å². The molecule has 0 amide bonds. The van der Waals surface area contributed by atoms with E-state index in [4.69, 9.17) is 56.8 Å². The molecule has 0 aromatic rings. The average Bonchev–Trinajstić information content (AvgIpc) is 4.27. The van der Waals surface area contributed by atoms with Gasteiger partial charge in [0.05, 0.1) is 37.6 Å². The molecule has 2 saturated heterocycles. The number of hydrogen-bond acceptors (Lipinski definition) is 14. The van der Waals surface area contributed by atoms with Crippen molar-refractivity contribution in [3.05, 3.63) is 47.6 Å². The summed E-state index contributed by atoms with van der Waals surface area (Å²) in [5.41, 5.74) is 1.80. The van der Waals surface area contributed by atoms with E-state index < -0.39 is 73.6 Å². The number of methoxy groups -OCH3 is 8. The Bertz CT molecular complexity index is 1510. The van der Waals surface area contributed by atoms with Crippen molar-refractivity contribution < 1.29 is 67.1 Å². The fourth-order valence-electron chi connectivity index (χ4n) is 11.0. The average molecular weight is 939 g/mol. The lowest BCUT2D eigenvalue weighted by Gasteiger charge is -2.46. The van der Waals surface area contributed by atoms with Gasteiger partial charge in [-0.15, -0.1) is 0 Å². The number of allylic oxidation sites excluding steroid dienone is 4.